The fourth-order valence-electron chi connectivity index (χ4n) is 1.94. The largest absolute Gasteiger partial charge is 0.497 e. The number of benzene rings is 2. The monoisotopic (exact) mass is 351 g/mol. The minimum atomic E-state index is 0.294. The second-order valence-corrected chi connectivity index (χ2v) is 6.28. The number of thioether (sulfide) groups is 1. The Kier molecular flexibility index (Phi) is 5.95. The van der Waals surface area contributed by atoms with Crippen molar-refractivity contribution in [3.63, 3.8) is 0 Å². The molecule has 0 saturated carbocycles. The van der Waals surface area contributed by atoms with E-state index >= 15 is 0 Å². The normalized spacial score (nSPS) is 12.2. The van der Waals surface area contributed by atoms with Gasteiger partial charge in [0.2, 0.25) is 0 Å². The van der Waals surface area contributed by atoms with Crippen LogP contribution in [-0.2, 0) is 0 Å². The summed E-state index contributed by atoms with van der Waals surface area (Å²) in [7, 11) is 3.69. The van der Waals surface area contributed by atoms with Gasteiger partial charge in [0.05, 0.1) is 7.11 Å². The van der Waals surface area contributed by atoms with Gasteiger partial charge in [-0.3, -0.25) is 0 Å². The molecule has 0 aliphatic heterocycles. The predicted octanol–water partition coefficient (Wildman–Crippen LogP) is 4.51. The van der Waals surface area contributed by atoms with Crippen molar-refractivity contribution in [2.24, 2.45) is 0 Å². The van der Waals surface area contributed by atoms with Crippen molar-refractivity contribution < 1.29 is 4.74 Å². The van der Waals surface area contributed by atoms with E-state index < -0.39 is 0 Å². The molecule has 1 unspecified atom stereocenters. The van der Waals surface area contributed by atoms with Crippen LogP contribution in [0.1, 0.15) is 11.6 Å². The zero-order valence-electron chi connectivity index (χ0n) is 11.6. The van der Waals surface area contributed by atoms with Crippen LogP contribution in [0.3, 0.4) is 0 Å². The number of halogens is 1. The molecular formula is C16H18BrNOS. The standard InChI is InChI=1S/C16H18BrNOS/c1-18-15(12-6-5-7-13(10-12)19-2)11-20-16-9-4-3-8-14(16)17/h3-10,15,18H,11H2,1-2H3. The summed E-state index contributed by atoms with van der Waals surface area (Å²) in [4.78, 5) is 1.26. The van der Waals surface area contributed by atoms with Gasteiger partial charge in [0.25, 0.3) is 0 Å². The van der Waals surface area contributed by atoms with Gasteiger partial charge in [-0.1, -0.05) is 24.3 Å². The maximum atomic E-state index is 5.29. The third-order valence-corrected chi connectivity index (χ3v) is 5.21. The highest BCUT2D eigenvalue weighted by molar-refractivity contribution is 9.10. The Hall–Kier alpha value is -0.970. The molecule has 20 heavy (non-hydrogen) atoms. The Balaban J connectivity index is 2.07. The van der Waals surface area contributed by atoms with E-state index in [2.05, 4.69) is 51.6 Å². The Morgan fingerprint density at radius 2 is 2.00 bits per heavy atom. The smallest absolute Gasteiger partial charge is 0.119 e. The summed E-state index contributed by atoms with van der Waals surface area (Å²) in [6, 6.07) is 16.8. The van der Waals surface area contributed by atoms with Gasteiger partial charge in [0.1, 0.15) is 5.75 Å². The lowest BCUT2D eigenvalue weighted by atomic mass is 10.1. The molecule has 2 nitrogen and oxygen atoms in total. The third kappa shape index (κ3) is 4.01. The molecule has 0 radical (unpaired) electrons. The van der Waals surface area contributed by atoms with E-state index in [1.165, 1.54) is 10.5 Å². The van der Waals surface area contributed by atoms with E-state index in [0.717, 1.165) is 16.0 Å². The Morgan fingerprint density at radius 1 is 1.20 bits per heavy atom. The van der Waals surface area contributed by atoms with Gasteiger partial charge >= 0.3 is 0 Å². The molecule has 2 aromatic carbocycles. The van der Waals surface area contributed by atoms with Crippen LogP contribution in [-0.4, -0.2) is 19.9 Å². The lowest BCUT2D eigenvalue weighted by molar-refractivity contribution is 0.413. The predicted molar refractivity (Wildman–Crippen MR) is 89.7 cm³/mol. The summed E-state index contributed by atoms with van der Waals surface area (Å²) in [5.74, 6) is 1.86. The molecule has 0 fully saturated rings. The van der Waals surface area contributed by atoms with Crippen LogP contribution in [0.15, 0.2) is 57.9 Å². The van der Waals surface area contributed by atoms with Crippen LogP contribution in [0.4, 0.5) is 0 Å². The molecule has 0 bridgehead atoms. The first-order valence-electron chi connectivity index (χ1n) is 6.43. The molecule has 0 amide bonds. The van der Waals surface area contributed by atoms with E-state index in [-0.39, 0.29) is 0 Å². The highest BCUT2D eigenvalue weighted by Crippen LogP contribution is 2.31. The topological polar surface area (TPSA) is 21.3 Å². The Bertz CT molecular complexity index is 562. The van der Waals surface area contributed by atoms with Crippen molar-refractivity contribution in [2.45, 2.75) is 10.9 Å². The minimum Gasteiger partial charge on any atom is -0.497 e. The first-order valence-corrected chi connectivity index (χ1v) is 8.21. The molecule has 0 spiro atoms. The van der Waals surface area contributed by atoms with E-state index in [1.807, 2.05) is 37.0 Å². The van der Waals surface area contributed by atoms with E-state index in [0.29, 0.717) is 6.04 Å². The van der Waals surface area contributed by atoms with Crippen LogP contribution < -0.4 is 10.1 Å². The number of rotatable bonds is 6. The molecule has 4 heteroatoms. The number of ether oxygens (including phenoxy) is 1. The van der Waals surface area contributed by atoms with Crippen molar-refractivity contribution in [2.75, 3.05) is 19.9 Å². The van der Waals surface area contributed by atoms with Gasteiger partial charge in [-0.15, -0.1) is 11.8 Å². The fraction of sp³-hybridized carbons (Fsp3) is 0.250. The summed E-state index contributed by atoms with van der Waals surface area (Å²) in [6.07, 6.45) is 0. The molecule has 106 valence electrons. The summed E-state index contributed by atoms with van der Waals surface area (Å²) >= 11 is 5.42. The Labute approximate surface area is 133 Å². The molecule has 0 aliphatic rings. The first kappa shape index (κ1) is 15.4. The van der Waals surface area contributed by atoms with Gasteiger partial charge in [0, 0.05) is 21.2 Å². The van der Waals surface area contributed by atoms with Crippen LogP contribution in [0.25, 0.3) is 0 Å². The lowest BCUT2D eigenvalue weighted by Gasteiger charge is -2.17. The minimum absolute atomic E-state index is 0.294. The zero-order chi connectivity index (χ0) is 14.4. The number of hydrogen-bond donors (Lipinski definition) is 1. The van der Waals surface area contributed by atoms with Crippen molar-refractivity contribution in [3.05, 3.63) is 58.6 Å². The fourth-order valence-corrected chi connectivity index (χ4v) is 3.65. The van der Waals surface area contributed by atoms with Crippen molar-refractivity contribution in [3.8, 4) is 5.75 Å². The number of hydrogen-bond acceptors (Lipinski definition) is 3. The zero-order valence-corrected chi connectivity index (χ0v) is 14.0. The van der Waals surface area contributed by atoms with Crippen molar-refractivity contribution in [1.82, 2.24) is 5.32 Å². The molecule has 2 aromatic rings. The average Bonchev–Trinajstić information content (AvgIpc) is 2.50. The van der Waals surface area contributed by atoms with Crippen LogP contribution in [0.2, 0.25) is 0 Å². The van der Waals surface area contributed by atoms with Gasteiger partial charge in [0.15, 0.2) is 0 Å². The molecule has 1 atom stereocenters. The van der Waals surface area contributed by atoms with Gasteiger partial charge in [-0.25, -0.2) is 0 Å². The van der Waals surface area contributed by atoms with E-state index in [1.54, 1.807) is 7.11 Å². The van der Waals surface area contributed by atoms with Gasteiger partial charge < -0.3 is 10.1 Å². The molecule has 0 aromatic heterocycles. The van der Waals surface area contributed by atoms with Gasteiger partial charge in [-0.2, -0.15) is 0 Å². The van der Waals surface area contributed by atoms with Crippen molar-refractivity contribution >= 4 is 27.7 Å². The summed E-state index contributed by atoms with van der Waals surface area (Å²) in [5, 5.41) is 3.37. The third-order valence-electron chi connectivity index (χ3n) is 3.09. The van der Waals surface area contributed by atoms with E-state index in [4.69, 9.17) is 4.74 Å². The molecule has 1 N–H and O–H groups in total. The first-order chi connectivity index (χ1) is 9.74. The molecule has 0 aliphatic carbocycles. The van der Waals surface area contributed by atoms with Crippen LogP contribution in [0.5, 0.6) is 5.75 Å². The molecule has 0 saturated heterocycles. The second-order valence-electron chi connectivity index (χ2n) is 4.36. The molecular weight excluding hydrogens is 334 g/mol. The maximum Gasteiger partial charge on any atom is 0.119 e. The lowest BCUT2D eigenvalue weighted by Crippen LogP contribution is -2.18. The average molecular weight is 352 g/mol. The summed E-state index contributed by atoms with van der Waals surface area (Å²) in [6.45, 7) is 0. The van der Waals surface area contributed by atoms with Crippen LogP contribution in [0, 0.1) is 0 Å². The SMILES string of the molecule is CNC(CSc1ccccc1Br)c1cccc(OC)c1. The second kappa shape index (κ2) is 7.72. The number of methoxy groups -OCH3 is 1. The van der Waals surface area contributed by atoms with Gasteiger partial charge in [-0.05, 0) is 52.8 Å². The molecule has 0 heterocycles. The summed E-state index contributed by atoms with van der Waals surface area (Å²) in [5.41, 5.74) is 1.24. The number of nitrogens with one attached hydrogen (secondary N) is 1. The summed E-state index contributed by atoms with van der Waals surface area (Å²) < 4.78 is 6.43. The van der Waals surface area contributed by atoms with Crippen LogP contribution >= 0.6 is 27.7 Å². The quantitative estimate of drug-likeness (QED) is 0.773. The maximum absolute atomic E-state index is 5.29. The molecule has 2 rings (SSSR count). The highest BCUT2D eigenvalue weighted by atomic mass is 79.9. The Morgan fingerprint density at radius 3 is 2.70 bits per heavy atom. The van der Waals surface area contributed by atoms with E-state index in [9.17, 15) is 0 Å². The van der Waals surface area contributed by atoms with Crippen molar-refractivity contribution in [1.29, 1.82) is 0 Å². The highest BCUT2D eigenvalue weighted by Gasteiger charge is 2.11.